The van der Waals surface area contributed by atoms with Crippen molar-refractivity contribution in [3.05, 3.63) is 115 Å². The van der Waals surface area contributed by atoms with E-state index < -0.39 is 207 Å². The first-order valence-electron chi connectivity index (χ1n) is 26.2. The fraction of sp³-hybridized carbons (Fsp3) is 0.0833. The van der Waals surface area contributed by atoms with Crippen LogP contribution in [0.1, 0.15) is 0 Å². The maximum absolute atomic E-state index is 12.8. The summed E-state index contributed by atoms with van der Waals surface area (Å²) < 4.78 is 296. The lowest BCUT2D eigenvalue weighted by Crippen LogP contribution is -2.15. The number of benzene rings is 7. The summed E-state index contributed by atoms with van der Waals surface area (Å²) in [5.41, 5.74) is 9.22. The van der Waals surface area contributed by atoms with Gasteiger partial charge in [-0.3, -0.25) is 31.9 Å². The average Bonchev–Trinajstić information content (AvgIpc) is 0.753. The average molecular weight is 1580 g/mol. The van der Waals surface area contributed by atoms with E-state index in [1.54, 1.807) is 0 Å². The van der Waals surface area contributed by atoms with Gasteiger partial charge in [0.2, 0.25) is 17.8 Å². The summed E-state index contributed by atoms with van der Waals surface area (Å²) >= 11 is 0. The monoisotopic (exact) mass is 1580 g/mol. The Morgan fingerprint density at radius 3 is 1.23 bits per heavy atom. The number of nitrogen functional groups attached to an aromatic ring is 2. The molecular formula is C48H42N16O28S9. The minimum atomic E-state index is -5.39. The zero-order valence-corrected chi connectivity index (χ0v) is 56.7. The second kappa shape index (κ2) is 29.2. The molecule has 0 bridgehead atoms. The fourth-order valence-electron chi connectivity index (χ4n) is 8.23. The van der Waals surface area contributed by atoms with Gasteiger partial charge in [0.25, 0.3) is 50.6 Å². The van der Waals surface area contributed by atoms with E-state index in [1.807, 2.05) is 0 Å². The number of nitrogens with two attached hydrogens (primary N) is 2. The number of hydrogen-bond acceptors (Lipinski definition) is 37. The van der Waals surface area contributed by atoms with Gasteiger partial charge >= 0.3 is 27.1 Å². The second-order valence-corrected chi connectivity index (χ2v) is 33.0. The molecule has 0 radical (unpaired) electrons. The molecule has 8 rings (SSSR count). The second-order valence-electron chi connectivity index (χ2n) is 19.6. The van der Waals surface area contributed by atoms with Gasteiger partial charge in [0.15, 0.2) is 19.7 Å². The number of aromatic nitrogens is 3. The highest BCUT2D eigenvalue weighted by atomic mass is 32.3. The van der Waals surface area contributed by atoms with Crippen molar-refractivity contribution in [3.8, 4) is 6.26 Å². The molecule has 7 aromatic carbocycles. The SMILES string of the molecule is N#CONc1cc(Nc2nc(Nc3cc(N)c(S(=O)(=O)O)cc3N=Nc3ccc(S(=O)(=O)CCOS(=O)(=O)O)cc3)nc(Nc3cc(N)c(S(=O)(=O)O)cc3N=Nc3ccc(S(=O)(=O)CCOS(=O)(=O)O)cc3)n2)ccc1N=Nc1cc2c(S(=O)(=O)O)cc(S(=O)(=O)O)cc2cc1S(=O)(=O)O. The lowest BCUT2D eigenvalue weighted by Gasteiger charge is -2.15. The van der Waals surface area contributed by atoms with E-state index in [0.717, 1.165) is 78.9 Å². The first-order chi connectivity index (χ1) is 46.7. The summed E-state index contributed by atoms with van der Waals surface area (Å²) in [6, 6.07) is 16.9. The van der Waals surface area contributed by atoms with Gasteiger partial charge in [0, 0.05) is 11.1 Å². The Hall–Kier alpha value is -10.1. The van der Waals surface area contributed by atoms with E-state index in [-0.39, 0.29) is 39.8 Å². The molecule has 0 saturated carbocycles. The maximum atomic E-state index is 12.8. The summed E-state index contributed by atoms with van der Waals surface area (Å²) in [4.78, 5) is 11.5. The molecule has 8 aromatic rings. The smallest absolute Gasteiger partial charge is 0.397 e. The molecule has 0 unspecified atom stereocenters. The van der Waals surface area contributed by atoms with Gasteiger partial charge in [-0.1, -0.05) is 0 Å². The molecule has 0 spiro atoms. The Morgan fingerprint density at radius 2 is 0.822 bits per heavy atom. The molecule has 0 amide bonds. The quantitative estimate of drug-likeness (QED) is 0.00851. The van der Waals surface area contributed by atoms with Crippen LogP contribution in [-0.2, 0) is 104 Å². The van der Waals surface area contributed by atoms with E-state index in [1.165, 1.54) is 6.26 Å². The van der Waals surface area contributed by atoms with Gasteiger partial charge in [-0.2, -0.15) is 84.1 Å². The van der Waals surface area contributed by atoms with Crippen LogP contribution in [0.15, 0.2) is 180 Å². The van der Waals surface area contributed by atoms with Crippen molar-refractivity contribution in [1.82, 2.24) is 15.0 Å². The van der Waals surface area contributed by atoms with Crippen LogP contribution in [0.3, 0.4) is 0 Å². The molecule has 44 nitrogen and oxygen atoms in total. The molecule has 1 aromatic heterocycles. The third-order valence-corrected chi connectivity index (χ3v) is 21.3. The van der Waals surface area contributed by atoms with Gasteiger partial charge in [-0.15, -0.1) is 25.7 Å². The van der Waals surface area contributed by atoms with E-state index in [9.17, 15) is 104 Å². The lowest BCUT2D eigenvalue weighted by atomic mass is 10.1. The topological polar surface area (TPSA) is 713 Å². The minimum Gasteiger partial charge on any atom is -0.398 e. The van der Waals surface area contributed by atoms with Crippen LogP contribution < -0.4 is 32.9 Å². The number of nitriles is 1. The maximum Gasteiger partial charge on any atom is 0.397 e. The molecular weight excluding hydrogens is 1540 g/mol. The summed E-state index contributed by atoms with van der Waals surface area (Å²) in [5.74, 6) is -3.65. The number of fused-ring (bicyclic) bond motifs is 1. The fourth-order valence-corrected chi connectivity index (χ4v) is 14.4. The van der Waals surface area contributed by atoms with E-state index in [0.29, 0.717) is 36.4 Å². The van der Waals surface area contributed by atoms with Crippen LogP contribution in [0.2, 0.25) is 0 Å². The third kappa shape index (κ3) is 20.5. The van der Waals surface area contributed by atoms with Crippen LogP contribution in [-0.4, -0.2) is 147 Å². The Balaban J connectivity index is 1.24. The van der Waals surface area contributed by atoms with Gasteiger partial charge < -0.3 is 32.3 Å². The zero-order chi connectivity index (χ0) is 74.6. The Morgan fingerprint density at radius 1 is 0.406 bits per heavy atom. The largest absolute Gasteiger partial charge is 0.398 e. The van der Waals surface area contributed by atoms with Crippen LogP contribution in [0.5, 0.6) is 0 Å². The minimum absolute atomic E-state index is 0.141. The number of sulfone groups is 2. The third-order valence-electron chi connectivity index (χ3n) is 12.6. The van der Waals surface area contributed by atoms with E-state index >= 15 is 0 Å². The number of hydrogen-bond donors (Lipinski definition) is 13. The van der Waals surface area contributed by atoms with Crippen molar-refractivity contribution >= 4 is 188 Å². The van der Waals surface area contributed by atoms with Crippen molar-refractivity contribution < 1.29 is 121 Å². The highest BCUT2D eigenvalue weighted by molar-refractivity contribution is 7.92. The van der Waals surface area contributed by atoms with Gasteiger partial charge in [0.05, 0.1) is 73.5 Å². The molecule has 0 aliphatic rings. The van der Waals surface area contributed by atoms with Crippen molar-refractivity contribution in [1.29, 1.82) is 5.26 Å². The van der Waals surface area contributed by atoms with Crippen LogP contribution >= 0.6 is 0 Å². The predicted molar refractivity (Wildman–Crippen MR) is 346 cm³/mol. The van der Waals surface area contributed by atoms with Crippen LogP contribution in [0.4, 0.5) is 86.1 Å². The highest BCUT2D eigenvalue weighted by Crippen LogP contribution is 2.41. The number of azo groups is 3. The lowest BCUT2D eigenvalue weighted by molar-refractivity contribution is 0.282. The number of nitrogens with one attached hydrogen (secondary N) is 4. The summed E-state index contributed by atoms with van der Waals surface area (Å²) in [7, 11) is -44.9. The molecule has 0 aliphatic carbocycles. The van der Waals surface area contributed by atoms with Gasteiger partial charge in [0.1, 0.15) is 48.0 Å². The van der Waals surface area contributed by atoms with Gasteiger partial charge in [-0.05, 0) is 121 Å². The molecule has 0 aliphatic heterocycles. The Labute approximate surface area is 569 Å². The van der Waals surface area contributed by atoms with Crippen molar-refractivity contribution in [2.24, 2.45) is 30.7 Å². The summed E-state index contributed by atoms with van der Waals surface area (Å²) in [6.45, 7) is -1.94. The molecule has 15 N–H and O–H groups in total. The predicted octanol–water partition coefficient (Wildman–Crippen LogP) is 5.91. The molecule has 0 atom stereocenters. The number of anilines is 9. The van der Waals surface area contributed by atoms with Gasteiger partial charge in [-0.25, -0.2) is 30.7 Å². The van der Waals surface area contributed by atoms with Crippen LogP contribution in [0.25, 0.3) is 10.8 Å². The van der Waals surface area contributed by atoms with E-state index in [2.05, 4.69) is 75.4 Å². The Bertz CT molecular complexity index is 5690. The zero-order valence-electron chi connectivity index (χ0n) is 49.3. The first kappa shape index (κ1) is 76.6. The molecule has 0 fully saturated rings. The molecule has 101 heavy (non-hydrogen) atoms. The van der Waals surface area contributed by atoms with Crippen molar-refractivity contribution in [2.45, 2.75) is 34.3 Å². The number of rotatable bonds is 29. The standard InChI is InChI=1S/C48H42N16O28S9/c49-24-90-64-40-17-28(5-10-35(40)60-63-41-19-32-25(16-45(41)99(81,82)83)15-31(95(69,70)71)18-42(32)96(72,73)74)52-46-55-47(53-36-20-33(50)43(97(75,76)77)22-38(36)61-58-26-1-6-29(7-2-26)93(65,66)13-11-91-100(84,85)86)57-48(56-46)54-37-21-34(51)44(98(78,79)80)23-39(37)62-59-27-3-8-30(9-4-27)94(67,68)14-12-92-101(87,88)89/h1-10,15-23,64H,11-14,50-51H2,(H,69,70,71)(H,72,73,74)(H,75,76,77)(H,78,79,80)(H,81,82,83)(H,84,85,86)(H,87,88,89)(H3,52,53,54,55,56,57). The summed E-state index contributed by atoms with van der Waals surface area (Å²) in [6.07, 6.45) is 1.30. The van der Waals surface area contributed by atoms with Crippen molar-refractivity contribution in [3.63, 3.8) is 0 Å². The highest BCUT2D eigenvalue weighted by Gasteiger charge is 2.27. The first-order valence-corrected chi connectivity index (χ1v) is 39.4. The van der Waals surface area contributed by atoms with E-state index in [4.69, 9.17) is 25.4 Å². The van der Waals surface area contributed by atoms with Crippen LogP contribution in [0, 0.1) is 11.5 Å². The summed E-state index contributed by atoms with van der Waals surface area (Å²) in [5, 5.41) is 40.1. The number of nitrogens with zero attached hydrogens (tertiary/aromatic N) is 10. The molecule has 53 heteroatoms. The molecule has 536 valence electrons. The molecule has 0 saturated heterocycles. The van der Waals surface area contributed by atoms with Crippen molar-refractivity contribution in [2.75, 3.05) is 57.6 Å². The Kier molecular flexibility index (Phi) is 22.2. The molecule has 1 heterocycles. The normalized spacial score (nSPS) is 13.0.